The molecular weight excluding hydrogens is 208 g/mol. The van der Waals surface area contributed by atoms with Crippen molar-refractivity contribution >= 4 is 0 Å². The molecule has 1 nitrogen and oxygen atoms in total. The van der Waals surface area contributed by atoms with Gasteiger partial charge in [0.25, 0.3) is 0 Å². The van der Waals surface area contributed by atoms with Gasteiger partial charge in [0.2, 0.25) is 0 Å². The van der Waals surface area contributed by atoms with Gasteiger partial charge < -0.3 is 4.74 Å². The average Bonchev–Trinajstić information content (AvgIpc) is 2.76. The van der Waals surface area contributed by atoms with Crippen molar-refractivity contribution in [2.75, 3.05) is 0 Å². The molecule has 0 amide bonds. The standard InChI is InChI=1S/C16H30O/c1-5-14-10-11-15(17-14)12-6-8-13(9-7-12)16(2,3)4/h12-15H,5-11H2,1-4H3. The number of hydrogen-bond acceptors (Lipinski definition) is 1. The molecule has 0 aromatic carbocycles. The van der Waals surface area contributed by atoms with Gasteiger partial charge in [-0.15, -0.1) is 0 Å². The lowest BCUT2D eigenvalue weighted by Gasteiger charge is -2.38. The topological polar surface area (TPSA) is 9.23 Å². The Bertz CT molecular complexity index is 232. The van der Waals surface area contributed by atoms with E-state index in [9.17, 15) is 0 Å². The molecule has 0 aromatic rings. The van der Waals surface area contributed by atoms with Crippen LogP contribution in [0.25, 0.3) is 0 Å². The van der Waals surface area contributed by atoms with Crippen LogP contribution in [0.3, 0.4) is 0 Å². The molecule has 17 heavy (non-hydrogen) atoms. The van der Waals surface area contributed by atoms with Gasteiger partial charge in [-0.2, -0.15) is 0 Å². The van der Waals surface area contributed by atoms with Crippen LogP contribution in [0.5, 0.6) is 0 Å². The Hall–Kier alpha value is -0.0400. The smallest absolute Gasteiger partial charge is 0.0608 e. The van der Waals surface area contributed by atoms with Crippen LogP contribution >= 0.6 is 0 Å². The monoisotopic (exact) mass is 238 g/mol. The zero-order valence-electron chi connectivity index (χ0n) is 12.2. The van der Waals surface area contributed by atoms with Crippen molar-refractivity contribution in [3.05, 3.63) is 0 Å². The molecule has 2 rings (SSSR count). The normalized spacial score (nSPS) is 39.5. The number of hydrogen-bond donors (Lipinski definition) is 0. The molecule has 1 saturated heterocycles. The molecule has 1 aliphatic carbocycles. The van der Waals surface area contributed by atoms with Gasteiger partial charge >= 0.3 is 0 Å². The largest absolute Gasteiger partial charge is 0.375 e. The molecule has 1 aliphatic heterocycles. The number of ether oxygens (including phenoxy) is 1. The summed E-state index contributed by atoms with van der Waals surface area (Å²) >= 11 is 0. The molecule has 2 unspecified atom stereocenters. The van der Waals surface area contributed by atoms with Crippen molar-refractivity contribution in [2.24, 2.45) is 17.3 Å². The van der Waals surface area contributed by atoms with E-state index in [1.165, 1.54) is 44.9 Å². The summed E-state index contributed by atoms with van der Waals surface area (Å²) in [5.74, 6) is 1.80. The first kappa shape index (κ1) is 13.4. The third-order valence-electron chi connectivity index (χ3n) is 5.12. The Morgan fingerprint density at radius 3 is 2.06 bits per heavy atom. The van der Waals surface area contributed by atoms with Crippen molar-refractivity contribution in [1.29, 1.82) is 0 Å². The molecular formula is C16H30O. The fraction of sp³-hybridized carbons (Fsp3) is 1.00. The van der Waals surface area contributed by atoms with Crippen molar-refractivity contribution in [1.82, 2.24) is 0 Å². The summed E-state index contributed by atoms with van der Waals surface area (Å²) in [4.78, 5) is 0. The summed E-state index contributed by atoms with van der Waals surface area (Å²) < 4.78 is 6.17. The van der Waals surface area contributed by atoms with E-state index in [1.807, 2.05) is 0 Å². The molecule has 2 fully saturated rings. The first-order chi connectivity index (χ1) is 8.00. The number of rotatable bonds is 2. The molecule has 0 radical (unpaired) electrons. The summed E-state index contributed by atoms with van der Waals surface area (Å²) in [6, 6.07) is 0. The first-order valence-corrected chi connectivity index (χ1v) is 7.66. The fourth-order valence-electron chi connectivity index (χ4n) is 3.74. The minimum atomic E-state index is 0.507. The lowest BCUT2D eigenvalue weighted by molar-refractivity contribution is -0.0112. The lowest BCUT2D eigenvalue weighted by Crippen LogP contribution is -2.30. The van der Waals surface area contributed by atoms with Crippen LogP contribution in [0, 0.1) is 17.3 Å². The quantitative estimate of drug-likeness (QED) is 0.671. The third kappa shape index (κ3) is 3.24. The Kier molecular flexibility index (Phi) is 4.18. The van der Waals surface area contributed by atoms with Crippen LogP contribution in [-0.4, -0.2) is 12.2 Å². The fourth-order valence-corrected chi connectivity index (χ4v) is 3.74. The van der Waals surface area contributed by atoms with E-state index < -0.39 is 0 Å². The van der Waals surface area contributed by atoms with Gasteiger partial charge in [0.1, 0.15) is 0 Å². The molecule has 1 heteroatoms. The highest BCUT2D eigenvalue weighted by Gasteiger charge is 2.36. The highest BCUT2D eigenvalue weighted by Crippen LogP contribution is 2.43. The molecule has 1 saturated carbocycles. The van der Waals surface area contributed by atoms with Crippen molar-refractivity contribution in [3.63, 3.8) is 0 Å². The highest BCUT2D eigenvalue weighted by molar-refractivity contribution is 4.86. The minimum Gasteiger partial charge on any atom is -0.375 e. The second kappa shape index (κ2) is 5.30. The summed E-state index contributed by atoms with van der Waals surface area (Å²) in [5.41, 5.74) is 0.507. The molecule has 0 bridgehead atoms. The Morgan fingerprint density at radius 2 is 1.59 bits per heavy atom. The third-order valence-corrected chi connectivity index (χ3v) is 5.12. The van der Waals surface area contributed by atoms with Crippen LogP contribution in [0.2, 0.25) is 0 Å². The predicted octanol–water partition coefficient (Wildman–Crippen LogP) is 4.80. The van der Waals surface area contributed by atoms with Crippen molar-refractivity contribution in [3.8, 4) is 0 Å². The SMILES string of the molecule is CCC1CCC(C2CCC(C(C)(C)C)CC2)O1. The molecule has 2 aliphatic rings. The lowest BCUT2D eigenvalue weighted by atomic mass is 9.69. The van der Waals surface area contributed by atoms with Gasteiger partial charge in [-0.1, -0.05) is 27.7 Å². The van der Waals surface area contributed by atoms with E-state index in [0.29, 0.717) is 17.6 Å². The molecule has 1 heterocycles. The Balaban J connectivity index is 1.80. The first-order valence-electron chi connectivity index (χ1n) is 7.66. The second-order valence-electron chi connectivity index (χ2n) is 7.26. The molecule has 100 valence electrons. The van der Waals surface area contributed by atoms with Crippen LogP contribution in [0.4, 0.5) is 0 Å². The van der Waals surface area contributed by atoms with E-state index in [0.717, 1.165) is 11.8 Å². The van der Waals surface area contributed by atoms with Gasteiger partial charge in [-0.25, -0.2) is 0 Å². The van der Waals surface area contributed by atoms with E-state index in [-0.39, 0.29) is 0 Å². The maximum Gasteiger partial charge on any atom is 0.0608 e. The molecule has 0 aromatic heterocycles. The van der Waals surface area contributed by atoms with Gasteiger partial charge in [-0.05, 0) is 62.2 Å². The predicted molar refractivity (Wildman–Crippen MR) is 73.1 cm³/mol. The van der Waals surface area contributed by atoms with Gasteiger partial charge in [0.05, 0.1) is 12.2 Å². The van der Waals surface area contributed by atoms with E-state index >= 15 is 0 Å². The summed E-state index contributed by atoms with van der Waals surface area (Å²) in [7, 11) is 0. The highest BCUT2D eigenvalue weighted by atomic mass is 16.5. The van der Waals surface area contributed by atoms with Crippen molar-refractivity contribution < 1.29 is 4.74 Å². The van der Waals surface area contributed by atoms with E-state index in [2.05, 4.69) is 27.7 Å². The zero-order valence-corrected chi connectivity index (χ0v) is 12.2. The second-order valence-corrected chi connectivity index (χ2v) is 7.26. The minimum absolute atomic E-state index is 0.507. The van der Waals surface area contributed by atoms with Gasteiger partial charge in [-0.3, -0.25) is 0 Å². The maximum atomic E-state index is 6.17. The molecule has 2 atom stereocenters. The Labute approximate surface area is 107 Å². The van der Waals surface area contributed by atoms with Crippen LogP contribution in [-0.2, 0) is 4.74 Å². The van der Waals surface area contributed by atoms with E-state index in [4.69, 9.17) is 4.74 Å². The van der Waals surface area contributed by atoms with Crippen LogP contribution in [0.1, 0.15) is 72.6 Å². The van der Waals surface area contributed by atoms with Crippen LogP contribution in [0.15, 0.2) is 0 Å². The average molecular weight is 238 g/mol. The van der Waals surface area contributed by atoms with Crippen LogP contribution < -0.4 is 0 Å². The summed E-state index contributed by atoms with van der Waals surface area (Å²) in [5, 5.41) is 0. The molecule has 0 spiro atoms. The Morgan fingerprint density at radius 1 is 0.941 bits per heavy atom. The summed E-state index contributed by atoms with van der Waals surface area (Å²) in [6.45, 7) is 9.45. The van der Waals surface area contributed by atoms with Crippen molar-refractivity contribution in [2.45, 2.75) is 84.8 Å². The van der Waals surface area contributed by atoms with Gasteiger partial charge in [0, 0.05) is 0 Å². The van der Waals surface area contributed by atoms with E-state index in [1.54, 1.807) is 0 Å². The zero-order chi connectivity index (χ0) is 12.5. The van der Waals surface area contributed by atoms with Gasteiger partial charge in [0.15, 0.2) is 0 Å². The molecule has 0 N–H and O–H groups in total. The summed E-state index contributed by atoms with van der Waals surface area (Å²) in [6.07, 6.45) is 10.7. The maximum absolute atomic E-state index is 6.17.